The predicted octanol–water partition coefficient (Wildman–Crippen LogP) is 4.17. The van der Waals surface area contributed by atoms with Gasteiger partial charge in [-0.1, -0.05) is 61.1 Å². The van der Waals surface area contributed by atoms with E-state index in [2.05, 4.69) is 49.5 Å². The van der Waals surface area contributed by atoms with Gasteiger partial charge < -0.3 is 9.64 Å². The van der Waals surface area contributed by atoms with E-state index in [4.69, 9.17) is 4.74 Å². The lowest BCUT2D eigenvalue weighted by Gasteiger charge is -2.43. The molecule has 1 aromatic rings. The van der Waals surface area contributed by atoms with E-state index in [1.807, 2.05) is 4.90 Å². The second kappa shape index (κ2) is 7.14. The SMILES string of the molecule is COC(=O)N1CCC=C2[C@@H](C[Si](C)(C)c3ccccc3)CCC[C@@H]21. The molecule has 4 heteroatoms. The van der Waals surface area contributed by atoms with Gasteiger partial charge in [-0.15, -0.1) is 0 Å². The third-order valence-corrected chi connectivity index (χ3v) is 9.14. The lowest BCUT2D eigenvalue weighted by atomic mass is 9.79. The summed E-state index contributed by atoms with van der Waals surface area (Å²) in [5, 5.41) is 1.54. The van der Waals surface area contributed by atoms with Crippen LogP contribution in [0.1, 0.15) is 25.7 Å². The van der Waals surface area contributed by atoms with Crippen molar-refractivity contribution in [1.29, 1.82) is 0 Å². The molecular weight excluding hydrogens is 314 g/mol. The van der Waals surface area contributed by atoms with E-state index in [0.717, 1.165) is 19.4 Å². The third kappa shape index (κ3) is 3.43. The molecule has 0 spiro atoms. The Morgan fingerprint density at radius 3 is 2.71 bits per heavy atom. The monoisotopic (exact) mass is 343 g/mol. The second-order valence-corrected chi connectivity index (χ2v) is 12.5. The average molecular weight is 344 g/mol. The molecule has 3 rings (SSSR count). The van der Waals surface area contributed by atoms with E-state index >= 15 is 0 Å². The van der Waals surface area contributed by atoms with Crippen molar-refractivity contribution in [3.05, 3.63) is 42.0 Å². The number of carbonyl (C=O) groups is 1. The average Bonchev–Trinajstić information content (AvgIpc) is 2.61. The van der Waals surface area contributed by atoms with E-state index in [0.29, 0.717) is 5.92 Å². The number of carbonyl (C=O) groups excluding carboxylic acids is 1. The van der Waals surface area contributed by atoms with Gasteiger partial charge >= 0.3 is 6.09 Å². The number of methoxy groups -OCH3 is 1. The zero-order valence-corrected chi connectivity index (χ0v) is 16.1. The highest BCUT2D eigenvalue weighted by molar-refractivity contribution is 6.89. The minimum atomic E-state index is -1.48. The summed E-state index contributed by atoms with van der Waals surface area (Å²) in [4.78, 5) is 14.1. The van der Waals surface area contributed by atoms with Crippen LogP contribution in [0.4, 0.5) is 4.79 Å². The number of fused-ring (bicyclic) bond motifs is 1. The maximum absolute atomic E-state index is 12.1. The predicted molar refractivity (Wildman–Crippen MR) is 101 cm³/mol. The molecule has 1 aliphatic carbocycles. The van der Waals surface area contributed by atoms with Crippen molar-refractivity contribution in [3.63, 3.8) is 0 Å². The normalized spacial score (nSPS) is 24.1. The molecule has 3 nitrogen and oxygen atoms in total. The molecule has 1 aromatic carbocycles. The number of ether oxygens (including phenoxy) is 1. The van der Waals surface area contributed by atoms with Crippen LogP contribution in [-0.2, 0) is 4.74 Å². The molecule has 0 bridgehead atoms. The van der Waals surface area contributed by atoms with Crippen LogP contribution in [0.2, 0.25) is 19.1 Å². The lowest BCUT2D eigenvalue weighted by molar-refractivity contribution is 0.0997. The largest absolute Gasteiger partial charge is 0.453 e. The number of benzene rings is 1. The molecule has 1 fully saturated rings. The van der Waals surface area contributed by atoms with Crippen LogP contribution in [0.5, 0.6) is 0 Å². The van der Waals surface area contributed by atoms with Crippen molar-refractivity contribution in [3.8, 4) is 0 Å². The highest BCUT2D eigenvalue weighted by Crippen LogP contribution is 2.40. The standard InChI is InChI=1S/C20H29NO2Si/c1-23-20(22)21-14-8-12-18-16(9-7-13-19(18)21)15-24(2,3)17-10-5-4-6-11-17/h4-6,10-12,16,19H,7-9,13-15H2,1-3H3/t16-,19+/m1/s1. The van der Waals surface area contributed by atoms with Crippen LogP contribution in [0.25, 0.3) is 0 Å². The van der Waals surface area contributed by atoms with Gasteiger partial charge in [0.25, 0.3) is 0 Å². The van der Waals surface area contributed by atoms with Crippen LogP contribution in [0, 0.1) is 5.92 Å². The number of hydrogen-bond donors (Lipinski definition) is 0. The van der Waals surface area contributed by atoms with Gasteiger partial charge in [-0.05, 0) is 36.8 Å². The van der Waals surface area contributed by atoms with E-state index in [1.54, 1.807) is 0 Å². The number of amides is 1. The van der Waals surface area contributed by atoms with Crippen molar-refractivity contribution in [2.45, 2.75) is 50.9 Å². The maximum Gasteiger partial charge on any atom is 0.409 e. The smallest absolute Gasteiger partial charge is 0.409 e. The Morgan fingerprint density at radius 2 is 2.00 bits per heavy atom. The van der Waals surface area contributed by atoms with E-state index in [9.17, 15) is 4.79 Å². The van der Waals surface area contributed by atoms with Crippen molar-refractivity contribution >= 4 is 19.4 Å². The summed E-state index contributed by atoms with van der Waals surface area (Å²) >= 11 is 0. The molecule has 1 heterocycles. The highest BCUT2D eigenvalue weighted by atomic mass is 28.3. The summed E-state index contributed by atoms with van der Waals surface area (Å²) in [6, 6.07) is 12.5. The van der Waals surface area contributed by atoms with Crippen molar-refractivity contribution < 1.29 is 9.53 Å². The topological polar surface area (TPSA) is 29.5 Å². The zero-order valence-electron chi connectivity index (χ0n) is 15.1. The van der Waals surface area contributed by atoms with Crippen LogP contribution in [-0.4, -0.2) is 38.8 Å². The Hall–Kier alpha value is -1.55. The fourth-order valence-electron chi connectivity index (χ4n) is 4.51. The number of hydrogen-bond acceptors (Lipinski definition) is 2. The van der Waals surface area contributed by atoms with E-state index < -0.39 is 8.07 Å². The molecule has 0 N–H and O–H groups in total. The van der Waals surface area contributed by atoms with Crippen molar-refractivity contribution in [2.24, 2.45) is 5.92 Å². The summed E-state index contributed by atoms with van der Waals surface area (Å²) in [7, 11) is 0.0159. The molecule has 0 saturated heterocycles. The van der Waals surface area contributed by atoms with Gasteiger partial charge in [0.05, 0.1) is 21.2 Å². The Kier molecular flexibility index (Phi) is 5.14. The van der Waals surface area contributed by atoms with E-state index in [1.165, 1.54) is 36.8 Å². The molecule has 24 heavy (non-hydrogen) atoms. The Bertz CT molecular complexity index is 611. The summed E-state index contributed by atoms with van der Waals surface area (Å²) < 4.78 is 5.01. The molecule has 1 amide bonds. The lowest BCUT2D eigenvalue weighted by Crippen LogP contribution is -2.49. The minimum absolute atomic E-state index is 0.161. The second-order valence-electron chi connectivity index (χ2n) is 7.75. The molecule has 2 aliphatic rings. The van der Waals surface area contributed by atoms with Gasteiger partial charge in [0.2, 0.25) is 0 Å². The molecule has 1 aliphatic heterocycles. The number of nitrogens with zero attached hydrogens (tertiary/aromatic N) is 1. The molecule has 2 atom stereocenters. The van der Waals surface area contributed by atoms with Crippen LogP contribution < -0.4 is 5.19 Å². The first-order valence-electron chi connectivity index (χ1n) is 9.13. The van der Waals surface area contributed by atoms with Gasteiger partial charge in [-0.2, -0.15) is 0 Å². The van der Waals surface area contributed by atoms with E-state index in [-0.39, 0.29) is 12.1 Å². The van der Waals surface area contributed by atoms with Gasteiger partial charge in [0, 0.05) is 6.54 Å². The van der Waals surface area contributed by atoms with Gasteiger partial charge in [0.15, 0.2) is 0 Å². The van der Waals surface area contributed by atoms with Crippen LogP contribution in [0.15, 0.2) is 42.0 Å². The summed E-state index contributed by atoms with van der Waals surface area (Å²) in [6.45, 7) is 5.76. The Labute approximate surface area is 146 Å². The first kappa shape index (κ1) is 17.3. The summed E-state index contributed by atoms with van der Waals surface area (Å²) in [5.41, 5.74) is 1.51. The fraction of sp³-hybridized carbons (Fsp3) is 0.550. The van der Waals surface area contributed by atoms with Crippen LogP contribution >= 0.6 is 0 Å². The zero-order chi connectivity index (χ0) is 17.2. The Balaban J connectivity index is 1.79. The summed E-state index contributed by atoms with van der Waals surface area (Å²) in [6.07, 6.45) is 6.78. The minimum Gasteiger partial charge on any atom is -0.453 e. The fourth-order valence-corrected chi connectivity index (χ4v) is 7.51. The first-order valence-corrected chi connectivity index (χ1v) is 12.3. The Morgan fingerprint density at radius 1 is 1.25 bits per heavy atom. The quantitative estimate of drug-likeness (QED) is 0.609. The maximum atomic E-state index is 12.1. The molecule has 130 valence electrons. The van der Waals surface area contributed by atoms with Gasteiger partial charge in [-0.3, -0.25) is 0 Å². The molecular formula is C20H29NO2Si. The molecule has 1 saturated carbocycles. The highest BCUT2D eigenvalue weighted by Gasteiger charge is 2.38. The summed E-state index contributed by atoms with van der Waals surface area (Å²) in [5.74, 6) is 0.623. The van der Waals surface area contributed by atoms with Crippen LogP contribution in [0.3, 0.4) is 0 Å². The van der Waals surface area contributed by atoms with Crippen molar-refractivity contribution in [1.82, 2.24) is 4.90 Å². The molecule has 0 radical (unpaired) electrons. The molecule has 0 unspecified atom stereocenters. The van der Waals surface area contributed by atoms with Gasteiger partial charge in [0.1, 0.15) is 0 Å². The third-order valence-electron chi connectivity index (χ3n) is 5.73. The number of rotatable bonds is 3. The first-order chi connectivity index (χ1) is 11.5. The van der Waals surface area contributed by atoms with Gasteiger partial charge in [-0.25, -0.2) is 4.79 Å². The van der Waals surface area contributed by atoms with Crippen molar-refractivity contribution in [2.75, 3.05) is 13.7 Å². The molecule has 0 aromatic heterocycles.